The molecule has 3 N–H and O–H groups in total. The Morgan fingerprint density at radius 3 is 2.50 bits per heavy atom. The minimum absolute atomic E-state index is 0.0192. The summed E-state index contributed by atoms with van der Waals surface area (Å²) in [6.07, 6.45) is -5.68. The van der Waals surface area contributed by atoms with Gasteiger partial charge in [0.25, 0.3) is 0 Å². The molecular formula is C24H24F4N2O2. The van der Waals surface area contributed by atoms with E-state index in [4.69, 9.17) is 0 Å². The maximum atomic E-state index is 14.3. The van der Waals surface area contributed by atoms with Crippen LogP contribution < -0.4 is 5.32 Å². The average molecular weight is 448 g/mol. The van der Waals surface area contributed by atoms with Crippen LogP contribution in [0.3, 0.4) is 0 Å². The van der Waals surface area contributed by atoms with E-state index >= 15 is 0 Å². The molecule has 0 radical (unpaired) electrons. The highest BCUT2D eigenvalue weighted by atomic mass is 19.4. The number of hydrogen-bond acceptors (Lipinski definition) is 4. The Hall–Kier alpha value is -2.87. The molecular weight excluding hydrogens is 424 g/mol. The topological polar surface area (TPSA) is 65.4 Å². The quantitative estimate of drug-likeness (QED) is 0.432. The van der Waals surface area contributed by atoms with Gasteiger partial charge in [0.05, 0.1) is 11.6 Å². The molecule has 2 aromatic carbocycles. The van der Waals surface area contributed by atoms with Crippen LogP contribution in [-0.4, -0.2) is 27.0 Å². The third kappa shape index (κ3) is 3.46. The van der Waals surface area contributed by atoms with Crippen molar-refractivity contribution in [1.82, 2.24) is 4.98 Å². The number of anilines is 1. The number of benzene rings is 2. The number of aryl methyl sites for hydroxylation is 1. The highest BCUT2D eigenvalue weighted by Crippen LogP contribution is 2.56. The molecule has 4 rings (SSSR count). The van der Waals surface area contributed by atoms with E-state index in [0.29, 0.717) is 16.6 Å². The van der Waals surface area contributed by atoms with Gasteiger partial charge < -0.3 is 15.5 Å². The molecule has 1 heterocycles. The lowest BCUT2D eigenvalue weighted by Crippen LogP contribution is -2.56. The van der Waals surface area contributed by atoms with Crippen molar-refractivity contribution in [2.75, 3.05) is 5.32 Å². The molecule has 0 saturated carbocycles. The number of nitrogens with one attached hydrogen (secondary N) is 1. The fraction of sp³-hybridized carbons (Fsp3) is 0.375. The van der Waals surface area contributed by atoms with Gasteiger partial charge >= 0.3 is 6.18 Å². The number of hydrogen-bond donors (Lipinski definition) is 3. The Morgan fingerprint density at radius 2 is 1.84 bits per heavy atom. The number of alkyl halides is 3. The highest BCUT2D eigenvalue weighted by Gasteiger charge is 2.63. The summed E-state index contributed by atoms with van der Waals surface area (Å²) in [6, 6.07) is 8.97. The highest BCUT2D eigenvalue weighted by molar-refractivity contribution is 5.91. The molecule has 0 spiro atoms. The number of phenols is 1. The number of nitrogens with zero attached hydrogens (tertiary/aromatic N) is 1. The molecule has 0 fully saturated rings. The van der Waals surface area contributed by atoms with Gasteiger partial charge in [-0.1, -0.05) is 26.0 Å². The van der Waals surface area contributed by atoms with Crippen LogP contribution in [0.1, 0.15) is 49.0 Å². The molecule has 0 unspecified atom stereocenters. The summed E-state index contributed by atoms with van der Waals surface area (Å²) in [4.78, 5) is 4.41. The van der Waals surface area contributed by atoms with Crippen molar-refractivity contribution in [2.24, 2.45) is 5.92 Å². The van der Waals surface area contributed by atoms with E-state index < -0.39 is 41.7 Å². The minimum atomic E-state index is -4.97. The van der Waals surface area contributed by atoms with E-state index in [0.717, 1.165) is 11.8 Å². The minimum Gasteiger partial charge on any atom is -0.505 e. The number of fused-ring (bicyclic) bond motifs is 2. The van der Waals surface area contributed by atoms with Gasteiger partial charge in [-0.05, 0) is 61.1 Å². The third-order valence-electron chi connectivity index (χ3n) is 6.36. The molecule has 3 atom stereocenters. The first-order valence-corrected chi connectivity index (χ1v) is 10.4. The van der Waals surface area contributed by atoms with E-state index in [2.05, 4.69) is 10.3 Å². The van der Waals surface area contributed by atoms with Crippen molar-refractivity contribution in [2.45, 2.75) is 50.9 Å². The number of aromatic hydroxyl groups is 1. The standard InChI is InChI=1S/C24H24F4N2O2/c1-12(2)16-11-23(32,24(26,27)28)22(15-9-10-17(25)21(31)20(15)16)30-19-6-4-5-18-14(19)8-7-13(3)29-18/h4-10,12,16,22,30-32H,11H2,1-3H3/t16-,22-,23+/m0/s1. The van der Waals surface area contributed by atoms with Crippen LogP contribution in [0.4, 0.5) is 23.2 Å². The number of rotatable bonds is 3. The molecule has 4 nitrogen and oxygen atoms in total. The predicted octanol–water partition coefficient (Wildman–Crippen LogP) is 5.98. The number of aliphatic hydroxyl groups is 1. The third-order valence-corrected chi connectivity index (χ3v) is 6.36. The Labute approximate surface area is 182 Å². The van der Waals surface area contributed by atoms with Gasteiger partial charge in [0, 0.05) is 22.3 Å². The number of aromatic nitrogens is 1. The zero-order valence-electron chi connectivity index (χ0n) is 17.8. The smallest absolute Gasteiger partial charge is 0.419 e. The molecule has 170 valence electrons. The van der Waals surface area contributed by atoms with Gasteiger partial charge in [0.15, 0.2) is 17.2 Å². The van der Waals surface area contributed by atoms with Crippen molar-refractivity contribution in [1.29, 1.82) is 0 Å². The predicted molar refractivity (Wildman–Crippen MR) is 114 cm³/mol. The molecule has 0 aliphatic heterocycles. The number of halogens is 4. The van der Waals surface area contributed by atoms with Crippen LogP contribution >= 0.6 is 0 Å². The zero-order valence-corrected chi connectivity index (χ0v) is 17.8. The van der Waals surface area contributed by atoms with E-state index in [1.165, 1.54) is 6.07 Å². The van der Waals surface area contributed by atoms with Crippen LogP contribution in [0.2, 0.25) is 0 Å². The first-order chi connectivity index (χ1) is 14.9. The largest absolute Gasteiger partial charge is 0.505 e. The SMILES string of the molecule is Cc1ccc2c(N[C@H]3c4ccc(F)c(O)c4[C@H](C(C)C)C[C@]3(O)C(F)(F)F)cccc2n1. The van der Waals surface area contributed by atoms with Crippen LogP contribution in [0, 0.1) is 18.7 Å². The summed E-state index contributed by atoms with van der Waals surface area (Å²) >= 11 is 0. The van der Waals surface area contributed by atoms with Crippen molar-refractivity contribution >= 4 is 16.6 Å². The van der Waals surface area contributed by atoms with Crippen molar-refractivity contribution in [3.63, 3.8) is 0 Å². The Morgan fingerprint density at radius 1 is 1.12 bits per heavy atom. The molecule has 0 bridgehead atoms. The Balaban J connectivity index is 1.94. The monoisotopic (exact) mass is 448 g/mol. The van der Waals surface area contributed by atoms with E-state index in [1.54, 1.807) is 44.2 Å². The van der Waals surface area contributed by atoms with E-state index in [1.807, 2.05) is 6.92 Å². The van der Waals surface area contributed by atoms with Gasteiger partial charge in [-0.25, -0.2) is 4.39 Å². The molecule has 1 aromatic heterocycles. The maximum absolute atomic E-state index is 14.3. The summed E-state index contributed by atoms with van der Waals surface area (Å²) in [5.74, 6) is -2.84. The van der Waals surface area contributed by atoms with Crippen molar-refractivity contribution in [3.05, 3.63) is 65.1 Å². The summed E-state index contributed by atoms with van der Waals surface area (Å²) in [5, 5.41) is 25.0. The zero-order chi connectivity index (χ0) is 23.4. The number of pyridine rings is 1. The van der Waals surface area contributed by atoms with E-state index in [-0.39, 0.29) is 17.0 Å². The van der Waals surface area contributed by atoms with Crippen LogP contribution in [0.25, 0.3) is 10.9 Å². The normalized spacial score (nSPS) is 23.4. The summed E-state index contributed by atoms with van der Waals surface area (Å²) in [6.45, 7) is 5.17. The second-order valence-electron chi connectivity index (χ2n) is 8.78. The van der Waals surface area contributed by atoms with Gasteiger partial charge in [-0.15, -0.1) is 0 Å². The Kier molecular flexibility index (Phi) is 5.32. The lowest BCUT2D eigenvalue weighted by molar-refractivity contribution is -0.273. The Bertz CT molecular complexity index is 1180. The van der Waals surface area contributed by atoms with Crippen molar-refractivity contribution in [3.8, 4) is 5.75 Å². The van der Waals surface area contributed by atoms with Gasteiger partial charge in [-0.2, -0.15) is 13.2 Å². The van der Waals surface area contributed by atoms with Gasteiger partial charge in [0.2, 0.25) is 0 Å². The average Bonchev–Trinajstić information content (AvgIpc) is 2.71. The lowest BCUT2D eigenvalue weighted by atomic mass is 9.66. The molecule has 3 aromatic rings. The number of phenolic OH excluding ortho intramolecular Hbond substituents is 1. The second-order valence-corrected chi connectivity index (χ2v) is 8.78. The molecule has 0 amide bonds. The molecule has 8 heteroatoms. The fourth-order valence-electron chi connectivity index (χ4n) is 4.63. The molecule has 1 aliphatic carbocycles. The summed E-state index contributed by atoms with van der Waals surface area (Å²) < 4.78 is 57.2. The second kappa shape index (κ2) is 7.62. The van der Waals surface area contributed by atoms with Crippen LogP contribution in [0.15, 0.2) is 42.5 Å². The summed E-state index contributed by atoms with van der Waals surface area (Å²) in [5.41, 5.74) is -1.33. The maximum Gasteiger partial charge on any atom is 0.419 e. The van der Waals surface area contributed by atoms with Crippen LogP contribution in [0.5, 0.6) is 5.75 Å². The summed E-state index contributed by atoms with van der Waals surface area (Å²) in [7, 11) is 0. The molecule has 0 saturated heterocycles. The first kappa shape index (κ1) is 22.3. The van der Waals surface area contributed by atoms with E-state index in [9.17, 15) is 27.8 Å². The van der Waals surface area contributed by atoms with Gasteiger partial charge in [0.1, 0.15) is 0 Å². The molecule has 32 heavy (non-hydrogen) atoms. The molecule has 1 aliphatic rings. The lowest BCUT2D eigenvalue weighted by Gasteiger charge is -2.47. The van der Waals surface area contributed by atoms with Crippen LogP contribution in [-0.2, 0) is 0 Å². The fourth-order valence-corrected chi connectivity index (χ4v) is 4.63. The van der Waals surface area contributed by atoms with Gasteiger partial charge in [-0.3, -0.25) is 4.98 Å². The first-order valence-electron chi connectivity index (χ1n) is 10.4. The van der Waals surface area contributed by atoms with Crippen molar-refractivity contribution < 1.29 is 27.8 Å².